The van der Waals surface area contributed by atoms with Gasteiger partial charge in [0.1, 0.15) is 10.7 Å². The molecule has 0 fully saturated rings. The summed E-state index contributed by atoms with van der Waals surface area (Å²) in [5.41, 5.74) is 6.66. The molecule has 8 heteroatoms. The normalized spacial score (nSPS) is 10.6. The standard InChI is InChI=1S/C13H20N6OS/c1-4-19(5-2)13-16-11(14)10(21-13)12(20)15-8-9-6-7-18(3)17-9/h6-7H,4-5,8,14H2,1-3H3,(H,15,20). The zero-order valence-corrected chi connectivity index (χ0v) is 13.3. The second-order valence-corrected chi connectivity index (χ2v) is 5.52. The molecule has 0 saturated carbocycles. The van der Waals surface area contributed by atoms with Gasteiger partial charge in [-0.2, -0.15) is 5.10 Å². The maximum Gasteiger partial charge on any atom is 0.265 e. The van der Waals surface area contributed by atoms with Crippen molar-refractivity contribution < 1.29 is 4.79 Å². The van der Waals surface area contributed by atoms with E-state index in [9.17, 15) is 4.79 Å². The molecule has 0 atom stereocenters. The van der Waals surface area contributed by atoms with E-state index in [1.165, 1.54) is 11.3 Å². The highest BCUT2D eigenvalue weighted by Gasteiger charge is 2.18. The SMILES string of the molecule is CCN(CC)c1nc(N)c(C(=O)NCc2ccn(C)n2)s1. The lowest BCUT2D eigenvalue weighted by Crippen LogP contribution is -2.23. The largest absolute Gasteiger partial charge is 0.382 e. The van der Waals surface area contributed by atoms with Crippen molar-refractivity contribution in [2.75, 3.05) is 23.7 Å². The van der Waals surface area contributed by atoms with E-state index >= 15 is 0 Å². The lowest BCUT2D eigenvalue weighted by Gasteiger charge is -2.16. The Labute approximate surface area is 127 Å². The first-order valence-electron chi connectivity index (χ1n) is 6.83. The van der Waals surface area contributed by atoms with Crippen LogP contribution in [0, 0.1) is 0 Å². The van der Waals surface area contributed by atoms with Gasteiger partial charge in [-0.15, -0.1) is 0 Å². The number of anilines is 2. The second kappa shape index (κ2) is 6.57. The van der Waals surface area contributed by atoms with Crippen molar-refractivity contribution in [1.82, 2.24) is 20.1 Å². The van der Waals surface area contributed by atoms with Gasteiger partial charge in [-0.25, -0.2) is 4.98 Å². The molecule has 0 unspecified atom stereocenters. The van der Waals surface area contributed by atoms with Crippen molar-refractivity contribution in [3.8, 4) is 0 Å². The summed E-state index contributed by atoms with van der Waals surface area (Å²) in [5, 5.41) is 7.80. The molecule has 2 aromatic heterocycles. The van der Waals surface area contributed by atoms with Gasteiger partial charge < -0.3 is 16.0 Å². The lowest BCUT2D eigenvalue weighted by molar-refractivity contribution is 0.0955. The first-order valence-corrected chi connectivity index (χ1v) is 7.64. The lowest BCUT2D eigenvalue weighted by atomic mass is 10.4. The van der Waals surface area contributed by atoms with Gasteiger partial charge in [-0.3, -0.25) is 9.48 Å². The number of rotatable bonds is 6. The van der Waals surface area contributed by atoms with Crippen LogP contribution in [0.15, 0.2) is 12.3 Å². The molecule has 0 spiro atoms. The van der Waals surface area contributed by atoms with Crippen molar-refractivity contribution in [2.24, 2.45) is 7.05 Å². The Bertz CT molecular complexity index is 616. The molecule has 0 bridgehead atoms. The second-order valence-electron chi connectivity index (χ2n) is 4.55. The number of aromatic nitrogens is 3. The molecule has 2 heterocycles. The molecule has 0 aliphatic heterocycles. The minimum absolute atomic E-state index is 0.214. The highest BCUT2D eigenvalue weighted by atomic mass is 32.1. The summed E-state index contributed by atoms with van der Waals surface area (Å²) in [6, 6.07) is 1.86. The molecule has 0 aliphatic rings. The van der Waals surface area contributed by atoms with Gasteiger partial charge in [0.25, 0.3) is 5.91 Å². The van der Waals surface area contributed by atoms with E-state index < -0.39 is 0 Å². The molecule has 0 aromatic carbocycles. The molecule has 0 radical (unpaired) electrons. The van der Waals surface area contributed by atoms with Gasteiger partial charge in [-0.05, 0) is 19.9 Å². The monoisotopic (exact) mass is 308 g/mol. The molecule has 114 valence electrons. The van der Waals surface area contributed by atoms with Crippen molar-refractivity contribution in [2.45, 2.75) is 20.4 Å². The summed E-state index contributed by atoms with van der Waals surface area (Å²) in [6.07, 6.45) is 1.83. The maximum atomic E-state index is 12.2. The quantitative estimate of drug-likeness (QED) is 0.838. The van der Waals surface area contributed by atoms with Crippen LogP contribution in [0.2, 0.25) is 0 Å². The number of nitrogens with one attached hydrogen (secondary N) is 1. The number of nitrogen functional groups attached to an aromatic ring is 1. The van der Waals surface area contributed by atoms with Gasteiger partial charge >= 0.3 is 0 Å². The molecule has 7 nitrogen and oxygen atoms in total. The zero-order valence-electron chi connectivity index (χ0n) is 12.5. The first-order chi connectivity index (χ1) is 10.0. The van der Waals surface area contributed by atoms with Crippen LogP contribution in [-0.4, -0.2) is 33.8 Å². The minimum atomic E-state index is -0.214. The number of amides is 1. The molecule has 2 aromatic rings. The topological polar surface area (TPSA) is 89.1 Å². The molecule has 2 rings (SSSR count). The van der Waals surface area contributed by atoms with Crippen LogP contribution in [-0.2, 0) is 13.6 Å². The van der Waals surface area contributed by atoms with E-state index in [2.05, 4.69) is 20.3 Å². The Morgan fingerprint density at radius 3 is 2.76 bits per heavy atom. The number of hydrogen-bond donors (Lipinski definition) is 2. The highest BCUT2D eigenvalue weighted by Crippen LogP contribution is 2.27. The van der Waals surface area contributed by atoms with Crippen molar-refractivity contribution in [3.05, 3.63) is 22.8 Å². The first kappa shape index (κ1) is 15.3. The van der Waals surface area contributed by atoms with Crippen LogP contribution in [0.1, 0.15) is 29.2 Å². The third-order valence-corrected chi connectivity index (χ3v) is 4.21. The fraction of sp³-hybridized carbons (Fsp3) is 0.462. The van der Waals surface area contributed by atoms with E-state index in [1.807, 2.05) is 33.2 Å². The molecule has 0 aliphatic carbocycles. The number of nitrogens with two attached hydrogens (primary N) is 1. The van der Waals surface area contributed by atoms with E-state index in [4.69, 9.17) is 5.73 Å². The summed E-state index contributed by atoms with van der Waals surface area (Å²) < 4.78 is 1.70. The summed E-state index contributed by atoms with van der Waals surface area (Å²) in [7, 11) is 1.84. The summed E-state index contributed by atoms with van der Waals surface area (Å²) in [5.74, 6) is 0.0643. The number of nitrogens with zero attached hydrogens (tertiary/aromatic N) is 4. The number of carbonyl (C=O) groups excluding carboxylic acids is 1. The number of hydrogen-bond acceptors (Lipinski definition) is 6. The van der Waals surface area contributed by atoms with Crippen molar-refractivity contribution in [1.29, 1.82) is 0 Å². The Hall–Kier alpha value is -2.09. The van der Waals surface area contributed by atoms with Crippen LogP contribution in [0.25, 0.3) is 0 Å². The van der Waals surface area contributed by atoms with Crippen LogP contribution >= 0.6 is 11.3 Å². The van der Waals surface area contributed by atoms with Crippen LogP contribution in [0.5, 0.6) is 0 Å². The molecule has 3 N–H and O–H groups in total. The van der Waals surface area contributed by atoms with Gasteiger partial charge in [0.15, 0.2) is 5.13 Å². The molecule has 21 heavy (non-hydrogen) atoms. The Morgan fingerprint density at radius 1 is 1.48 bits per heavy atom. The highest BCUT2D eigenvalue weighted by molar-refractivity contribution is 7.18. The molecular weight excluding hydrogens is 288 g/mol. The Balaban J connectivity index is 2.05. The Morgan fingerprint density at radius 2 is 2.19 bits per heavy atom. The summed E-state index contributed by atoms with van der Waals surface area (Å²) in [6.45, 7) is 6.12. The van der Waals surface area contributed by atoms with Gasteiger partial charge in [0, 0.05) is 26.3 Å². The maximum absolute atomic E-state index is 12.2. The van der Waals surface area contributed by atoms with Crippen LogP contribution < -0.4 is 16.0 Å². The van der Waals surface area contributed by atoms with Gasteiger partial charge in [0.05, 0.1) is 12.2 Å². The van der Waals surface area contributed by atoms with Crippen LogP contribution in [0.3, 0.4) is 0 Å². The predicted octanol–water partition coefficient (Wildman–Crippen LogP) is 1.23. The third kappa shape index (κ3) is 3.52. The molecule has 1 amide bonds. The Kier molecular flexibility index (Phi) is 4.79. The van der Waals surface area contributed by atoms with E-state index in [0.717, 1.165) is 23.9 Å². The summed E-state index contributed by atoms with van der Waals surface area (Å²) in [4.78, 5) is 19.0. The minimum Gasteiger partial charge on any atom is -0.382 e. The fourth-order valence-corrected chi connectivity index (χ4v) is 2.95. The molecule has 0 saturated heterocycles. The van der Waals surface area contributed by atoms with Crippen LogP contribution in [0.4, 0.5) is 10.9 Å². The van der Waals surface area contributed by atoms with Crippen molar-refractivity contribution >= 4 is 28.2 Å². The third-order valence-electron chi connectivity index (χ3n) is 3.08. The predicted molar refractivity (Wildman–Crippen MR) is 84.5 cm³/mol. The van der Waals surface area contributed by atoms with E-state index in [0.29, 0.717) is 11.4 Å². The van der Waals surface area contributed by atoms with E-state index in [1.54, 1.807) is 4.68 Å². The molecular formula is C13H20N6OS. The average molecular weight is 308 g/mol. The zero-order chi connectivity index (χ0) is 15.4. The van der Waals surface area contributed by atoms with Gasteiger partial charge in [0.2, 0.25) is 0 Å². The summed E-state index contributed by atoms with van der Waals surface area (Å²) >= 11 is 1.32. The fourth-order valence-electron chi connectivity index (χ4n) is 1.92. The average Bonchev–Trinajstić information content (AvgIpc) is 3.04. The van der Waals surface area contributed by atoms with E-state index in [-0.39, 0.29) is 11.7 Å². The van der Waals surface area contributed by atoms with Gasteiger partial charge in [-0.1, -0.05) is 11.3 Å². The number of carbonyl (C=O) groups is 1. The number of thiazole rings is 1. The number of aryl methyl sites for hydroxylation is 1. The van der Waals surface area contributed by atoms with Crippen molar-refractivity contribution in [3.63, 3.8) is 0 Å². The smallest absolute Gasteiger partial charge is 0.265 e.